The molecular weight excluding hydrogens is 604 g/mol. The van der Waals surface area contributed by atoms with Gasteiger partial charge in [-0.05, 0) is 74.5 Å². The molecule has 1 saturated carbocycles. The molecule has 0 radical (unpaired) electrons. The van der Waals surface area contributed by atoms with Gasteiger partial charge < -0.3 is 46.2 Å². The van der Waals surface area contributed by atoms with E-state index < -0.39 is 48.4 Å². The summed E-state index contributed by atoms with van der Waals surface area (Å²) in [5.74, 6) is -1.80. The van der Waals surface area contributed by atoms with Crippen LogP contribution in [0.4, 0.5) is 0 Å². The first-order valence-electron chi connectivity index (χ1n) is 15.7. The number of amides is 3. The van der Waals surface area contributed by atoms with Crippen LogP contribution in [0.2, 0.25) is 5.02 Å². The average molecular weight is 651 g/mol. The van der Waals surface area contributed by atoms with Crippen molar-refractivity contribution >= 4 is 35.3 Å². The number of fused-ring (bicyclic) bond motifs is 1. The number of rotatable bonds is 10. The Hall–Kier alpha value is -3.13. The minimum atomic E-state index is -1.49. The molecule has 8 atom stereocenters. The number of ether oxygens (including phenoxy) is 1. The molecule has 250 valence electrons. The fraction of sp³-hybridized carbons (Fsp3) is 0.677. The van der Waals surface area contributed by atoms with Crippen LogP contribution in [0.25, 0.3) is 0 Å². The molecule has 3 aliphatic rings. The molecule has 4 rings (SSSR count). The lowest BCUT2D eigenvalue weighted by molar-refractivity contribution is -0.146. The highest BCUT2D eigenvalue weighted by Gasteiger charge is 2.51. The summed E-state index contributed by atoms with van der Waals surface area (Å²) >= 11 is 5.98. The van der Waals surface area contributed by atoms with Gasteiger partial charge in [0.1, 0.15) is 23.9 Å². The number of nitrogens with two attached hydrogens (primary N) is 1. The number of hydrogen-bond donors (Lipinski definition) is 7. The van der Waals surface area contributed by atoms with Crippen LogP contribution in [-0.2, 0) is 25.5 Å². The third kappa shape index (κ3) is 8.18. The minimum absolute atomic E-state index is 0.00261. The van der Waals surface area contributed by atoms with E-state index in [2.05, 4.69) is 10.6 Å². The van der Waals surface area contributed by atoms with E-state index in [0.717, 1.165) is 0 Å². The van der Waals surface area contributed by atoms with E-state index in [0.29, 0.717) is 50.6 Å². The standard InChI is InChI=1S/C31H47ClN6O7/c1-16(2)11-22(36-28(43)26(41)13-17-6-9-25(40)20(32)12-17)29(44)38-23-15-19(39)8-7-18(23)14-24(38)27(42)35-21-5-4-10-37(31(33)34)30(21)45-3/h6,9,12,16,18-19,21-24,26,30,39-41H,4-5,7-8,10-11,13-15H2,1-3H3,(H3,33,34)(H,35,42)(H,36,43)/t18-,19+,21+,22+,23-,24-,26+,30-/m0/s1. The molecule has 3 amide bonds. The van der Waals surface area contributed by atoms with Crippen LogP contribution in [0.5, 0.6) is 5.75 Å². The molecule has 0 aromatic heterocycles. The van der Waals surface area contributed by atoms with Crippen LogP contribution in [0.3, 0.4) is 0 Å². The molecule has 1 aromatic rings. The maximum Gasteiger partial charge on any atom is 0.249 e. The summed E-state index contributed by atoms with van der Waals surface area (Å²) in [6.45, 7) is 4.35. The van der Waals surface area contributed by atoms with E-state index in [4.69, 9.17) is 27.5 Å². The topological polar surface area (TPSA) is 202 Å². The summed E-state index contributed by atoms with van der Waals surface area (Å²) in [7, 11) is 1.50. The van der Waals surface area contributed by atoms with Gasteiger partial charge in [0.2, 0.25) is 17.7 Å². The summed E-state index contributed by atoms with van der Waals surface area (Å²) in [5, 5.41) is 44.8. The molecule has 0 spiro atoms. The summed E-state index contributed by atoms with van der Waals surface area (Å²) in [6.07, 6.45) is 0.749. The third-order valence-electron chi connectivity index (χ3n) is 9.21. The zero-order valence-corrected chi connectivity index (χ0v) is 26.9. The molecule has 0 unspecified atom stereocenters. The molecule has 8 N–H and O–H groups in total. The number of halogens is 1. The largest absolute Gasteiger partial charge is 0.506 e. The fourth-order valence-electron chi connectivity index (χ4n) is 7.06. The molecule has 3 fully saturated rings. The van der Waals surface area contributed by atoms with Crippen LogP contribution < -0.4 is 16.4 Å². The molecule has 0 bridgehead atoms. The molecular formula is C31H47ClN6O7. The number of guanidine groups is 1. The van der Waals surface area contributed by atoms with Gasteiger partial charge in [0.05, 0.1) is 17.2 Å². The van der Waals surface area contributed by atoms with Crippen LogP contribution in [0.1, 0.15) is 64.4 Å². The molecule has 2 heterocycles. The highest BCUT2D eigenvalue weighted by atomic mass is 35.5. The van der Waals surface area contributed by atoms with Crippen molar-refractivity contribution in [2.45, 2.75) is 108 Å². The van der Waals surface area contributed by atoms with Gasteiger partial charge in [-0.15, -0.1) is 0 Å². The Morgan fingerprint density at radius 1 is 1.20 bits per heavy atom. The van der Waals surface area contributed by atoms with E-state index in [9.17, 15) is 29.7 Å². The van der Waals surface area contributed by atoms with Crippen LogP contribution in [0, 0.1) is 17.2 Å². The second kappa shape index (κ2) is 15.0. The maximum atomic E-state index is 14.4. The Kier molecular flexibility index (Phi) is 11.6. The minimum Gasteiger partial charge on any atom is -0.506 e. The Bertz CT molecular complexity index is 1250. The van der Waals surface area contributed by atoms with E-state index in [1.807, 2.05) is 13.8 Å². The van der Waals surface area contributed by atoms with Gasteiger partial charge in [-0.25, -0.2) is 0 Å². The summed E-state index contributed by atoms with van der Waals surface area (Å²) in [5.41, 5.74) is 6.29. The molecule has 1 aliphatic carbocycles. The number of hydrogen-bond acceptors (Lipinski definition) is 8. The number of piperidine rings is 1. The first-order valence-corrected chi connectivity index (χ1v) is 16.1. The Morgan fingerprint density at radius 3 is 2.58 bits per heavy atom. The van der Waals surface area contributed by atoms with E-state index in [1.54, 1.807) is 15.9 Å². The quantitative estimate of drug-likeness (QED) is 0.143. The smallest absolute Gasteiger partial charge is 0.249 e. The number of phenols is 1. The molecule has 14 heteroatoms. The number of nitrogens with zero attached hydrogens (tertiary/aromatic N) is 2. The van der Waals surface area contributed by atoms with Gasteiger partial charge in [-0.3, -0.25) is 19.8 Å². The van der Waals surface area contributed by atoms with Crippen molar-refractivity contribution in [3.63, 3.8) is 0 Å². The van der Waals surface area contributed by atoms with Crippen LogP contribution >= 0.6 is 11.6 Å². The molecule has 45 heavy (non-hydrogen) atoms. The number of aliphatic hydroxyl groups excluding tert-OH is 2. The maximum absolute atomic E-state index is 14.4. The number of phenolic OH excluding ortho intramolecular Hbond substituents is 1. The number of likely N-dealkylation sites (tertiary alicyclic amines) is 2. The van der Waals surface area contributed by atoms with Crippen molar-refractivity contribution in [3.8, 4) is 5.75 Å². The van der Waals surface area contributed by atoms with Gasteiger partial charge in [-0.1, -0.05) is 31.5 Å². The number of methoxy groups -OCH3 is 1. The number of carbonyl (C=O) groups is 3. The Morgan fingerprint density at radius 2 is 1.93 bits per heavy atom. The second-order valence-corrected chi connectivity index (χ2v) is 13.4. The number of benzene rings is 1. The van der Waals surface area contributed by atoms with Crippen molar-refractivity contribution in [1.29, 1.82) is 5.41 Å². The van der Waals surface area contributed by atoms with Crippen molar-refractivity contribution < 1.29 is 34.4 Å². The monoisotopic (exact) mass is 650 g/mol. The summed E-state index contributed by atoms with van der Waals surface area (Å²) in [4.78, 5) is 44.6. The van der Waals surface area contributed by atoms with Crippen molar-refractivity contribution in [1.82, 2.24) is 20.4 Å². The van der Waals surface area contributed by atoms with Crippen molar-refractivity contribution in [2.75, 3.05) is 13.7 Å². The second-order valence-electron chi connectivity index (χ2n) is 12.9. The first-order chi connectivity index (χ1) is 21.3. The number of aromatic hydroxyl groups is 1. The molecule has 2 aliphatic heterocycles. The zero-order valence-electron chi connectivity index (χ0n) is 26.1. The predicted octanol–water partition coefficient (Wildman–Crippen LogP) is 1.06. The normalized spacial score (nSPS) is 27.9. The molecule has 1 aromatic carbocycles. The lowest BCUT2D eigenvalue weighted by atomic mass is 9.83. The summed E-state index contributed by atoms with van der Waals surface area (Å²) < 4.78 is 5.61. The van der Waals surface area contributed by atoms with Gasteiger partial charge >= 0.3 is 0 Å². The highest BCUT2D eigenvalue weighted by molar-refractivity contribution is 6.32. The van der Waals surface area contributed by atoms with Crippen molar-refractivity contribution in [2.24, 2.45) is 17.6 Å². The van der Waals surface area contributed by atoms with Gasteiger partial charge in [0.15, 0.2) is 12.2 Å². The van der Waals surface area contributed by atoms with Crippen LogP contribution in [-0.4, -0.2) is 105 Å². The molecule has 2 saturated heterocycles. The third-order valence-corrected chi connectivity index (χ3v) is 9.52. The Labute approximate surface area is 268 Å². The predicted molar refractivity (Wildman–Crippen MR) is 167 cm³/mol. The SMILES string of the molecule is CO[C@H]1[C@H](NC(=O)[C@@H]2C[C@@H]3CC[C@@H](O)C[C@@H]3N2C(=O)[C@@H](CC(C)C)NC(=O)[C@H](O)Cc2ccc(O)c(Cl)c2)CCCN1C(=N)N. The van der Waals surface area contributed by atoms with Gasteiger partial charge in [0, 0.05) is 26.1 Å². The molecule has 13 nitrogen and oxygen atoms in total. The summed E-state index contributed by atoms with van der Waals surface area (Å²) in [6, 6.07) is 1.69. The average Bonchev–Trinajstić information content (AvgIpc) is 3.36. The zero-order chi connectivity index (χ0) is 33.0. The number of nitrogens with one attached hydrogen (secondary N) is 3. The number of aliphatic hydroxyl groups is 2. The highest BCUT2D eigenvalue weighted by Crippen LogP contribution is 2.41. The van der Waals surface area contributed by atoms with Gasteiger partial charge in [-0.2, -0.15) is 0 Å². The lowest BCUT2D eigenvalue weighted by Crippen LogP contribution is -2.62. The van der Waals surface area contributed by atoms with E-state index in [-0.39, 0.29) is 53.4 Å². The van der Waals surface area contributed by atoms with E-state index >= 15 is 0 Å². The Balaban J connectivity index is 1.55. The van der Waals surface area contributed by atoms with Gasteiger partial charge in [0.25, 0.3) is 0 Å². The number of carbonyl (C=O) groups excluding carboxylic acids is 3. The van der Waals surface area contributed by atoms with Crippen LogP contribution in [0.15, 0.2) is 18.2 Å². The fourth-order valence-corrected chi connectivity index (χ4v) is 7.26. The van der Waals surface area contributed by atoms with E-state index in [1.165, 1.54) is 19.2 Å². The first kappa shape index (κ1) is 34.7. The lowest BCUT2D eigenvalue weighted by Gasteiger charge is -2.41. The van der Waals surface area contributed by atoms with Crippen molar-refractivity contribution in [3.05, 3.63) is 28.8 Å².